The van der Waals surface area contributed by atoms with Gasteiger partial charge in [-0.2, -0.15) is 0 Å². The summed E-state index contributed by atoms with van der Waals surface area (Å²) in [6.07, 6.45) is 2.68. The molecule has 1 rings (SSSR count). The van der Waals surface area contributed by atoms with Crippen LogP contribution in [0.2, 0.25) is 0 Å². The molecule has 1 aromatic carbocycles. The first kappa shape index (κ1) is 12.5. The Morgan fingerprint density at radius 3 is 2.31 bits per heavy atom. The van der Waals surface area contributed by atoms with Crippen molar-refractivity contribution >= 4 is 6.08 Å². The first-order chi connectivity index (χ1) is 7.67. The van der Waals surface area contributed by atoms with Crippen LogP contribution in [0.1, 0.15) is 5.56 Å². The molecule has 16 heavy (non-hydrogen) atoms. The van der Waals surface area contributed by atoms with Gasteiger partial charge in [0.15, 0.2) is 0 Å². The molecule has 0 aliphatic heterocycles. The Labute approximate surface area is 95.3 Å². The maximum atomic E-state index is 9.45. The summed E-state index contributed by atoms with van der Waals surface area (Å²) >= 11 is 0. The lowest BCUT2D eigenvalue weighted by molar-refractivity contribution is 0.0816. The molecule has 0 radical (unpaired) electrons. The molecular weight excluding hydrogens is 204 g/mol. The zero-order valence-electron chi connectivity index (χ0n) is 9.21. The highest BCUT2D eigenvalue weighted by Crippen LogP contribution is 2.12. The van der Waals surface area contributed by atoms with E-state index in [2.05, 4.69) is 6.58 Å². The second-order valence-electron chi connectivity index (χ2n) is 3.35. The minimum atomic E-state index is -0.936. The van der Waals surface area contributed by atoms with Gasteiger partial charge in [0.2, 0.25) is 0 Å². The second-order valence-corrected chi connectivity index (χ2v) is 3.35. The van der Waals surface area contributed by atoms with Crippen LogP contribution >= 0.6 is 0 Å². The van der Waals surface area contributed by atoms with Crippen LogP contribution < -0.4 is 4.74 Å². The van der Waals surface area contributed by atoms with Gasteiger partial charge in [-0.25, -0.2) is 0 Å². The topological polar surface area (TPSA) is 49.7 Å². The summed E-state index contributed by atoms with van der Waals surface area (Å²) in [5.74, 6) is 0.781. The fraction of sp³-hybridized carbons (Fsp3) is 0.231. The lowest BCUT2D eigenvalue weighted by Crippen LogP contribution is -2.20. The summed E-state index contributed by atoms with van der Waals surface area (Å²) in [6.45, 7) is 3.40. The van der Waals surface area contributed by atoms with Crippen LogP contribution in [0.5, 0.6) is 5.75 Å². The van der Waals surface area contributed by atoms with E-state index >= 15 is 0 Å². The fourth-order valence-electron chi connectivity index (χ4n) is 1.18. The number of ether oxygens (including phenoxy) is 1. The van der Waals surface area contributed by atoms with Gasteiger partial charge in [-0.05, 0) is 17.7 Å². The van der Waals surface area contributed by atoms with Crippen LogP contribution in [0.4, 0.5) is 0 Å². The number of rotatable bonds is 5. The molecule has 2 N–H and O–H groups in total. The summed E-state index contributed by atoms with van der Waals surface area (Å²) < 4.78 is 5.02. The van der Waals surface area contributed by atoms with Crippen molar-refractivity contribution in [3.8, 4) is 5.75 Å². The van der Waals surface area contributed by atoms with Gasteiger partial charge in [0, 0.05) is 0 Å². The van der Waals surface area contributed by atoms with E-state index in [-0.39, 0.29) is 0 Å². The van der Waals surface area contributed by atoms with Crippen LogP contribution in [0, 0.1) is 0 Å². The molecule has 0 bridgehead atoms. The van der Waals surface area contributed by atoms with E-state index in [1.54, 1.807) is 13.2 Å². The van der Waals surface area contributed by atoms with E-state index in [0.29, 0.717) is 0 Å². The Kier molecular flexibility index (Phi) is 4.76. The summed E-state index contributed by atoms with van der Waals surface area (Å²) in [4.78, 5) is 0. The summed E-state index contributed by atoms with van der Waals surface area (Å²) in [5.41, 5.74) is 0.927. The van der Waals surface area contributed by atoms with Crippen LogP contribution in [0.15, 0.2) is 43.0 Å². The zero-order chi connectivity index (χ0) is 12.0. The third-order valence-corrected chi connectivity index (χ3v) is 2.19. The van der Waals surface area contributed by atoms with Gasteiger partial charge in [-0.15, -0.1) is 6.58 Å². The molecule has 86 valence electrons. The SMILES string of the molecule is C=CC(O)C(O)/C=C/c1ccc(OC)cc1. The Balaban J connectivity index is 2.65. The van der Waals surface area contributed by atoms with Crippen LogP contribution in [-0.2, 0) is 0 Å². The smallest absolute Gasteiger partial charge is 0.118 e. The quantitative estimate of drug-likeness (QED) is 0.741. The third-order valence-electron chi connectivity index (χ3n) is 2.19. The molecule has 2 atom stereocenters. The minimum Gasteiger partial charge on any atom is -0.497 e. The van der Waals surface area contributed by atoms with Crippen molar-refractivity contribution in [1.29, 1.82) is 0 Å². The summed E-state index contributed by atoms with van der Waals surface area (Å²) in [6, 6.07) is 7.39. The molecule has 0 aliphatic carbocycles. The number of aliphatic hydroxyl groups is 2. The first-order valence-electron chi connectivity index (χ1n) is 4.98. The lowest BCUT2D eigenvalue weighted by Gasteiger charge is -2.08. The van der Waals surface area contributed by atoms with Gasteiger partial charge in [-0.3, -0.25) is 0 Å². The number of benzene rings is 1. The van der Waals surface area contributed by atoms with Crippen molar-refractivity contribution in [2.75, 3.05) is 7.11 Å². The molecule has 3 nitrogen and oxygen atoms in total. The molecule has 0 saturated heterocycles. The number of aliphatic hydroxyl groups excluding tert-OH is 2. The van der Waals surface area contributed by atoms with E-state index in [1.165, 1.54) is 12.2 Å². The molecule has 2 unspecified atom stereocenters. The van der Waals surface area contributed by atoms with Crippen molar-refractivity contribution in [2.45, 2.75) is 12.2 Å². The highest BCUT2D eigenvalue weighted by atomic mass is 16.5. The monoisotopic (exact) mass is 220 g/mol. The molecule has 0 saturated carbocycles. The molecule has 0 fully saturated rings. The van der Waals surface area contributed by atoms with Crippen LogP contribution in [0.25, 0.3) is 6.08 Å². The number of methoxy groups -OCH3 is 1. The fourth-order valence-corrected chi connectivity index (χ4v) is 1.18. The van der Waals surface area contributed by atoms with E-state index in [4.69, 9.17) is 4.74 Å². The number of hydrogen-bond acceptors (Lipinski definition) is 3. The standard InChI is InChI=1S/C13H16O3/c1-3-12(14)13(15)9-6-10-4-7-11(16-2)8-5-10/h3-9,12-15H,1H2,2H3/b9-6+. The average molecular weight is 220 g/mol. The summed E-state index contributed by atoms with van der Waals surface area (Å²) in [7, 11) is 1.61. The van der Waals surface area contributed by atoms with Gasteiger partial charge < -0.3 is 14.9 Å². The Morgan fingerprint density at radius 2 is 1.81 bits per heavy atom. The van der Waals surface area contributed by atoms with Gasteiger partial charge in [0.1, 0.15) is 18.0 Å². The highest BCUT2D eigenvalue weighted by molar-refractivity contribution is 5.51. The molecule has 0 aromatic heterocycles. The molecule has 0 aliphatic rings. The van der Waals surface area contributed by atoms with Crippen molar-refractivity contribution in [2.24, 2.45) is 0 Å². The van der Waals surface area contributed by atoms with Gasteiger partial charge in [0.25, 0.3) is 0 Å². The molecule has 1 aromatic rings. The molecule has 0 amide bonds. The van der Waals surface area contributed by atoms with Crippen molar-refractivity contribution in [3.63, 3.8) is 0 Å². The van der Waals surface area contributed by atoms with E-state index in [9.17, 15) is 10.2 Å². The highest BCUT2D eigenvalue weighted by Gasteiger charge is 2.07. The van der Waals surface area contributed by atoms with Gasteiger partial charge in [0.05, 0.1) is 7.11 Å². The number of hydrogen-bond donors (Lipinski definition) is 2. The molecule has 3 heteroatoms. The Morgan fingerprint density at radius 1 is 1.19 bits per heavy atom. The Bertz CT molecular complexity index is 354. The van der Waals surface area contributed by atoms with Gasteiger partial charge >= 0.3 is 0 Å². The normalized spacial score (nSPS) is 14.7. The minimum absolute atomic E-state index is 0.781. The maximum Gasteiger partial charge on any atom is 0.118 e. The average Bonchev–Trinajstić information content (AvgIpc) is 2.35. The Hall–Kier alpha value is -1.58. The molecule has 0 spiro atoms. The zero-order valence-corrected chi connectivity index (χ0v) is 9.21. The van der Waals surface area contributed by atoms with Gasteiger partial charge in [-0.1, -0.05) is 30.4 Å². The first-order valence-corrected chi connectivity index (χ1v) is 4.98. The van der Waals surface area contributed by atoms with Crippen LogP contribution in [0.3, 0.4) is 0 Å². The van der Waals surface area contributed by atoms with Crippen molar-refractivity contribution in [3.05, 3.63) is 48.6 Å². The lowest BCUT2D eigenvalue weighted by atomic mass is 10.1. The van der Waals surface area contributed by atoms with Crippen LogP contribution in [-0.4, -0.2) is 29.5 Å². The maximum absolute atomic E-state index is 9.45. The predicted octanol–water partition coefficient (Wildman–Crippen LogP) is 1.62. The van der Waals surface area contributed by atoms with E-state index < -0.39 is 12.2 Å². The second kappa shape index (κ2) is 6.10. The third kappa shape index (κ3) is 3.53. The predicted molar refractivity (Wildman–Crippen MR) is 64.2 cm³/mol. The van der Waals surface area contributed by atoms with E-state index in [0.717, 1.165) is 11.3 Å². The van der Waals surface area contributed by atoms with Crippen molar-refractivity contribution in [1.82, 2.24) is 0 Å². The largest absolute Gasteiger partial charge is 0.497 e. The molecule has 0 heterocycles. The van der Waals surface area contributed by atoms with E-state index in [1.807, 2.05) is 24.3 Å². The summed E-state index contributed by atoms with van der Waals surface area (Å²) in [5, 5.41) is 18.7. The van der Waals surface area contributed by atoms with Crippen molar-refractivity contribution < 1.29 is 14.9 Å². The molecular formula is C13H16O3.